The van der Waals surface area contributed by atoms with Crippen LogP contribution in [0.2, 0.25) is 0 Å². The van der Waals surface area contributed by atoms with Crippen LogP contribution in [0, 0.1) is 11.8 Å². The van der Waals surface area contributed by atoms with Crippen molar-refractivity contribution in [2.45, 2.75) is 31.9 Å². The maximum absolute atomic E-state index is 12.9. The summed E-state index contributed by atoms with van der Waals surface area (Å²) in [4.78, 5) is 15.6. The number of unbranched alkanes of at least 4 members (excludes halogenated alkanes) is 2. The summed E-state index contributed by atoms with van der Waals surface area (Å²) >= 11 is 0. The van der Waals surface area contributed by atoms with Crippen LogP contribution in [-0.2, 0) is 12.6 Å². The Hall–Kier alpha value is -4.00. The molecule has 1 aromatic carbocycles. The van der Waals surface area contributed by atoms with Crippen LogP contribution in [0.4, 0.5) is 19.0 Å². The van der Waals surface area contributed by atoms with Crippen molar-refractivity contribution in [3.63, 3.8) is 0 Å². The first-order valence-electron chi connectivity index (χ1n) is 10.4. The highest BCUT2D eigenvalue weighted by Crippen LogP contribution is 2.26. The van der Waals surface area contributed by atoms with Gasteiger partial charge in [-0.15, -0.1) is 0 Å². The van der Waals surface area contributed by atoms with E-state index in [4.69, 9.17) is 0 Å². The van der Waals surface area contributed by atoms with Gasteiger partial charge in [0.05, 0.1) is 6.20 Å². The number of nitrogens with one attached hydrogen (secondary N) is 1. The fraction of sp³-hybridized carbons (Fsp3) is 0.261. The molecule has 0 amide bonds. The van der Waals surface area contributed by atoms with Gasteiger partial charge in [-0.3, -0.25) is 0 Å². The lowest BCUT2D eigenvalue weighted by molar-refractivity contribution is -0.144. The lowest BCUT2D eigenvalue weighted by Gasteiger charge is -2.07. The molecule has 0 aliphatic rings. The fourth-order valence-corrected chi connectivity index (χ4v) is 3.19. The first kappa shape index (κ1) is 22.2. The second kappa shape index (κ2) is 10.1. The topological polar surface area (TPSA) is 80.9 Å². The van der Waals surface area contributed by atoms with E-state index >= 15 is 0 Å². The number of aryl methyl sites for hydroxylation is 1. The number of benzene rings is 1. The van der Waals surface area contributed by atoms with Gasteiger partial charge in [0.2, 0.25) is 5.82 Å². The average molecular weight is 451 g/mol. The number of halogens is 3. The van der Waals surface area contributed by atoms with Crippen molar-refractivity contribution < 1.29 is 13.2 Å². The maximum atomic E-state index is 12.9. The molecule has 168 valence electrons. The second-order valence-electron chi connectivity index (χ2n) is 7.22. The Kier molecular flexibility index (Phi) is 6.78. The van der Waals surface area contributed by atoms with Crippen molar-refractivity contribution in [2.24, 2.45) is 0 Å². The number of hydrogen-bond donors (Lipinski definition) is 1. The Balaban J connectivity index is 1.28. The molecule has 33 heavy (non-hydrogen) atoms. The predicted octanol–water partition coefficient (Wildman–Crippen LogP) is 4.16. The van der Waals surface area contributed by atoms with Gasteiger partial charge in [-0.25, -0.2) is 24.5 Å². The minimum absolute atomic E-state index is 0.191. The standard InChI is InChI=1S/C23H20F3N7/c24-23(25,26)22-30-16-33-21(32-22)18(15-31-33)9-5-2-6-12-28-20-19(27-13-14-29-20)11-10-17-7-3-1-4-8-17/h1,3-4,7-8,13-16H,2,5-6,9,12H2,(H,28,29). The van der Waals surface area contributed by atoms with Crippen LogP contribution in [0.5, 0.6) is 0 Å². The van der Waals surface area contributed by atoms with E-state index in [2.05, 4.69) is 42.2 Å². The highest BCUT2D eigenvalue weighted by molar-refractivity contribution is 5.51. The zero-order valence-electron chi connectivity index (χ0n) is 17.5. The van der Waals surface area contributed by atoms with E-state index in [1.54, 1.807) is 18.6 Å². The second-order valence-corrected chi connectivity index (χ2v) is 7.22. The Bertz CT molecular complexity index is 1270. The summed E-state index contributed by atoms with van der Waals surface area (Å²) in [7, 11) is 0. The van der Waals surface area contributed by atoms with Crippen molar-refractivity contribution in [1.82, 2.24) is 29.5 Å². The van der Waals surface area contributed by atoms with E-state index in [1.807, 2.05) is 30.3 Å². The molecule has 0 atom stereocenters. The molecule has 10 heteroatoms. The van der Waals surface area contributed by atoms with Crippen molar-refractivity contribution in [3.05, 3.63) is 77.9 Å². The highest BCUT2D eigenvalue weighted by Gasteiger charge is 2.35. The van der Waals surface area contributed by atoms with Crippen LogP contribution in [0.15, 0.2) is 55.2 Å². The number of alkyl halides is 3. The Morgan fingerprint density at radius 2 is 1.76 bits per heavy atom. The SMILES string of the molecule is FC(F)(F)c1ncn2ncc(CCCCCNc3nccnc3C#Cc3ccccc3)c2n1. The number of nitrogens with zero attached hydrogens (tertiary/aromatic N) is 6. The van der Waals surface area contributed by atoms with Crippen LogP contribution in [0.3, 0.4) is 0 Å². The first-order valence-corrected chi connectivity index (χ1v) is 10.4. The molecule has 0 unspecified atom stereocenters. The summed E-state index contributed by atoms with van der Waals surface area (Å²) in [5.41, 5.74) is 2.34. The minimum Gasteiger partial charge on any atom is -0.368 e. The van der Waals surface area contributed by atoms with Crippen LogP contribution in [-0.4, -0.2) is 36.1 Å². The molecule has 0 saturated heterocycles. The fourth-order valence-electron chi connectivity index (χ4n) is 3.19. The molecule has 0 aliphatic carbocycles. The molecule has 0 bridgehead atoms. The third kappa shape index (κ3) is 5.83. The number of fused-ring (bicyclic) bond motifs is 1. The summed E-state index contributed by atoms with van der Waals surface area (Å²) < 4.78 is 39.9. The molecule has 7 nitrogen and oxygen atoms in total. The van der Waals surface area contributed by atoms with Gasteiger partial charge in [-0.05, 0) is 37.3 Å². The van der Waals surface area contributed by atoms with Gasteiger partial charge in [0.1, 0.15) is 6.33 Å². The Labute approximate surface area is 188 Å². The number of anilines is 1. The molecule has 4 rings (SSSR count). The monoisotopic (exact) mass is 451 g/mol. The van der Waals surface area contributed by atoms with E-state index < -0.39 is 12.0 Å². The summed E-state index contributed by atoms with van der Waals surface area (Å²) in [5.74, 6) is 5.59. The van der Waals surface area contributed by atoms with Gasteiger partial charge in [0, 0.05) is 30.1 Å². The molecule has 0 fully saturated rings. The lowest BCUT2D eigenvalue weighted by atomic mass is 10.1. The lowest BCUT2D eigenvalue weighted by Crippen LogP contribution is -2.12. The van der Waals surface area contributed by atoms with Crippen molar-refractivity contribution in [1.29, 1.82) is 0 Å². The molecule has 3 aromatic heterocycles. The van der Waals surface area contributed by atoms with Crippen LogP contribution in [0.1, 0.15) is 41.9 Å². The van der Waals surface area contributed by atoms with Gasteiger partial charge in [0.25, 0.3) is 0 Å². The summed E-state index contributed by atoms with van der Waals surface area (Å²) in [5, 5.41) is 7.29. The van der Waals surface area contributed by atoms with E-state index in [-0.39, 0.29) is 5.65 Å². The van der Waals surface area contributed by atoms with Gasteiger partial charge >= 0.3 is 6.18 Å². The number of hydrogen-bond acceptors (Lipinski definition) is 6. The predicted molar refractivity (Wildman–Crippen MR) is 116 cm³/mol. The molecule has 1 N–H and O–H groups in total. The molecule has 0 saturated carbocycles. The summed E-state index contributed by atoms with van der Waals surface area (Å²) in [6.07, 6.45) is 4.29. The highest BCUT2D eigenvalue weighted by atomic mass is 19.4. The summed E-state index contributed by atoms with van der Waals surface area (Å²) in [6, 6.07) is 9.64. The van der Waals surface area contributed by atoms with Gasteiger partial charge in [0.15, 0.2) is 17.2 Å². The zero-order chi connectivity index (χ0) is 23.1. The molecule has 3 heterocycles. The minimum atomic E-state index is -4.58. The molecular weight excluding hydrogens is 431 g/mol. The quantitative estimate of drug-likeness (QED) is 0.336. The van der Waals surface area contributed by atoms with Crippen molar-refractivity contribution in [2.75, 3.05) is 11.9 Å². The zero-order valence-corrected chi connectivity index (χ0v) is 17.5. The number of rotatable bonds is 7. The Morgan fingerprint density at radius 1 is 0.939 bits per heavy atom. The van der Waals surface area contributed by atoms with Crippen molar-refractivity contribution >= 4 is 11.5 Å². The normalized spacial score (nSPS) is 11.2. The molecule has 0 aliphatic heterocycles. The molecular formula is C23H20F3N7. The third-order valence-corrected chi connectivity index (χ3v) is 4.81. The third-order valence-electron chi connectivity index (χ3n) is 4.81. The van der Waals surface area contributed by atoms with Gasteiger partial charge in [-0.2, -0.15) is 18.3 Å². The first-order chi connectivity index (χ1) is 16.0. The van der Waals surface area contributed by atoms with E-state index in [9.17, 15) is 13.2 Å². The molecule has 0 spiro atoms. The van der Waals surface area contributed by atoms with Crippen LogP contribution in [0.25, 0.3) is 5.65 Å². The van der Waals surface area contributed by atoms with Crippen molar-refractivity contribution in [3.8, 4) is 11.8 Å². The van der Waals surface area contributed by atoms with Gasteiger partial charge in [-0.1, -0.05) is 30.5 Å². The van der Waals surface area contributed by atoms with Crippen LogP contribution < -0.4 is 5.32 Å². The maximum Gasteiger partial charge on any atom is 0.451 e. The largest absolute Gasteiger partial charge is 0.451 e. The number of aromatic nitrogens is 6. The molecule has 4 aromatic rings. The van der Waals surface area contributed by atoms with Gasteiger partial charge < -0.3 is 5.32 Å². The summed E-state index contributed by atoms with van der Waals surface area (Å²) in [6.45, 7) is 0.674. The average Bonchev–Trinajstić information content (AvgIpc) is 3.23. The molecule has 0 radical (unpaired) electrons. The van der Waals surface area contributed by atoms with Crippen LogP contribution >= 0.6 is 0 Å². The Morgan fingerprint density at radius 3 is 2.58 bits per heavy atom. The van der Waals surface area contributed by atoms with E-state index in [1.165, 1.54) is 4.52 Å². The van der Waals surface area contributed by atoms with E-state index in [0.29, 0.717) is 30.0 Å². The smallest absolute Gasteiger partial charge is 0.368 e. The van der Waals surface area contributed by atoms with E-state index in [0.717, 1.165) is 31.2 Å².